The van der Waals surface area contributed by atoms with Crippen molar-refractivity contribution in [3.8, 4) is 22.3 Å². The maximum Gasteiger partial charge on any atom is 0.143 e. The molecule has 1 nitrogen and oxygen atoms in total. The van der Waals surface area contributed by atoms with Crippen molar-refractivity contribution in [1.82, 2.24) is 0 Å². The van der Waals surface area contributed by atoms with E-state index in [9.17, 15) is 0 Å². The summed E-state index contributed by atoms with van der Waals surface area (Å²) in [5.41, 5.74) is 6.90. The lowest BCUT2D eigenvalue weighted by Crippen LogP contribution is -1.92. The predicted octanol–water partition coefficient (Wildman–Crippen LogP) is 12.7. The van der Waals surface area contributed by atoms with Crippen LogP contribution in [0.5, 0.6) is 0 Å². The first kappa shape index (κ1) is 24.5. The van der Waals surface area contributed by atoms with Crippen LogP contribution in [0, 0.1) is 0 Å². The Morgan fingerprint density at radius 2 is 0.800 bits per heavy atom. The van der Waals surface area contributed by atoms with Gasteiger partial charge in [0.15, 0.2) is 0 Å². The van der Waals surface area contributed by atoms with Crippen LogP contribution in [0.1, 0.15) is 0 Å². The third-order valence-corrected chi connectivity index (χ3v) is 9.64. The second kappa shape index (κ2) is 9.29. The Hall–Kier alpha value is -5.92. The molecule has 1 heteroatoms. The molecule has 208 valence electrons. The molecule has 9 aromatic carbocycles. The van der Waals surface area contributed by atoms with E-state index in [0.29, 0.717) is 0 Å². The molecule has 0 radical (unpaired) electrons. The van der Waals surface area contributed by atoms with Gasteiger partial charge in [-0.05, 0) is 82.9 Å². The summed E-state index contributed by atoms with van der Waals surface area (Å²) in [5.74, 6) is 0. The van der Waals surface area contributed by atoms with E-state index < -0.39 is 0 Å². The summed E-state index contributed by atoms with van der Waals surface area (Å²) in [5, 5.41) is 14.8. The van der Waals surface area contributed by atoms with Gasteiger partial charge in [-0.15, -0.1) is 0 Å². The van der Waals surface area contributed by atoms with Crippen molar-refractivity contribution in [3.05, 3.63) is 158 Å². The van der Waals surface area contributed by atoms with Crippen molar-refractivity contribution in [1.29, 1.82) is 0 Å². The molecule has 0 aliphatic carbocycles. The molecule has 0 aliphatic rings. The minimum Gasteiger partial charge on any atom is -0.455 e. The number of hydrogen-bond donors (Lipinski definition) is 0. The third-order valence-electron chi connectivity index (χ3n) is 9.64. The number of furan rings is 1. The normalized spacial score (nSPS) is 12.0. The van der Waals surface area contributed by atoms with Crippen LogP contribution < -0.4 is 0 Å². The average molecular weight is 571 g/mol. The predicted molar refractivity (Wildman–Crippen MR) is 192 cm³/mol. The Bertz CT molecular complexity index is 2760. The molecule has 0 amide bonds. The fourth-order valence-electron chi connectivity index (χ4n) is 7.72. The van der Waals surface area contributed by atoms with Gasteiger partial charge in [-0.1, -0.05) is 146 Å². The third kappa shape index (κ3) is 3.44. The van der Waals surface area contributed by atoms with E-state index in [0.717, 1.165) is 27.3 Å². The molecule has 0 N–H and O–H groups in total. The van der Waals surface area contributed by atoms with E-state index in [-0.39, 0.29) is 0 Å². The molecular weight excluding hydrogens is 544 g/mol. The lowest BCUT2D eigenvalue weighted by Gasteiger charge is -2.20. The van der Waals surface area contributed by atoms with Crippen LogP contribution in [-0.4, -0.2) is 0 Å². The summed E-state index contributed by atoms with van der Waals surface area (Å²) >= 11 is 0. The van der Waals surface area contributed by atoms with Crippen LogP contribution >= 0.6 is 0 Å². The molecule has 1 aromatic heterocycles. The Balaban J connectivity index is 1.38. The fraction of sp³-hybridized carbons (Fsp3) is 0. The summed E-state index contributed by atoms with van der Waals surface area (Å²) in [7, 11) is 0. The molecule has 10 aromatic rings. The van der Waals surface area contributed by atoms with E-state index in [2.05, 4.69) is 152 Å². The van der Waals surface area contributed by atoms with E-state index in [1.807, 2.05) is 6.07 Å². The van der Waals surface area contributed by atoms with Gasteiger partial charge in [-0.3, -0.25) is 0 Å². The first-order chi connectivity index (χ1) is 22.3. The summed E-state index contributed by atoms with van der Waals surface area (Å²) in [6, 6.07) is 57.4. The van der Waals surface area contributed by atoms with Gasteiger partial charge < -0.3 is 4.42 Å². The van der Waals surface area contributed by atoms with E-state index in [4.69, 9.17) is 4.42 Å². The smallest absolute Gasteiger partial charge is 0.143 e. The van der Waals surface area contributed by atoms with Crippen LogP contribution in [-0.2, 0) is 0 Å². The van der Waals surface area contributed by atoms with Crippen LogP contribution in [0.3, 0.4) is 0 Å². The monoisotopic (exact) mass is 570 g/mol. The van der Waals surface area contributed by atoms with Crippen LogP contribution in [0.25, 0.3) is 98.1 Å². The number of para-hydroxylation sites is 1. The minimum absolute atomic E-state index is 0.920. The average Bonchev–Trinajstić information content (AvgIpc) is 3.49. The molecule has 0 saturated heterocycles. The van der Waals surface area contributed by atoms with Crippen LogP contribution in [0.15, 0.2) is 162 Å². The molecule has 1 heterocycles. The second-order valence-electron chi connectivity index (χ2n) is 12.0. The van der Waals surface area contributed by atoms with Gasteiger partial charge in [0.2, 0.25) is 0 Å². The van der Waals surface area contributed by atoms with E-state index >= 15 is 0 Å². The second-order valence-corrected chi connectivity index (χ2v) is 12.0. The van der Waals surface area contributed by atoms with Crippen molar-refractivity contribution in [2.24, 2.45) is 0 Å². The maximum absolute atomic E-state index is 6.48. The number of fused-ring (bicyclic) bond motifs is 10. The maximum atomic E-state index is 6.48. The molecule has 0 saturated carbocycles. The zero-order chi connectivity index (χ0) is 29.5. The quantitative estimate of drug-likeness (QED) is 0.149. The molecule has 0 bridgehead atoms. The number of rotatable bonds is 2. The van der Waals surface area contributed by atoms with Gasteiger partial charge in [0.1, 0.15) is 11.2 Å². The molecule has 0 atom stereocenters. The van der Waals surface area contributed by atoms with Gasteiger partial charge in [-0.25, -0.2) is 0 Å². The Morgan fingerprint density at radius 1 is 0.289 bits per heavy atom. The molecular formula is C44H26O. The van der Waals surface area contributed by atoms with Gasteiger partial charge in [0.05, 0.1) is 0 Å². The van der Waals surface area contributed by atoms with Crippen molar-refractivity contribution >= 4 is 75.8 Å². The van der Waals surface area contributed by atoms with Crippen LogP contribution in [0.2, 0.25) is 0 Å². The highest BCUT2D eigenvalue weighted by Gasteiger charge is 2.21. The summed E-state index contributed by atoms with van der Waals surface area (Å²) in [6.07, 6.45) is 0. The number of hydrogen-bond acceptors (Lipinski definition) is 1. The number of benzene rings is 9. The van der Waals surface area contributed by atoms with Gasteiger partial charge in [-0.2, -0.15) is 0 Å². The lowest BCUT2D eigenvalue weighted by atomic mass is 9.83. The molecule has 0 aliphatic heterocycles. The van der Waals surface area contributed by atoms with Crippen molar-refractivity contribution in [2.45, 2.75) is 0 Å². The largest absolute Gasteiger partial charge is 0.455 e. The molecule has 45 heavy (non-hydrogen) atoms. The molecule has 10 rings (SSSR count). The van der Waals surface area contributed by atoms with Crippen molar-refractivity contribution in [3.63, 3.8) is 0 Å². The molecule has 0 spiro atoms. The van der Waals surface area contributed by atoms with Crippen molar-refractivity contribution in [2.75, 3.05) is 0 Å². The first-order valence-electron chi connectivity index (χ1n) is 15.5. The van der Waals surface area contributed by atoms with E-state index in [1.165, 1.54) is 70.7 Å². The standard InChI is InChI=1S/C44H26O/c1-2-13-28-27(12-1)24-25-31-29(28)21-11-22-33(31)42-34-16-4-6-18-36(34)43(37-19-7-5-17-35(37)42)39-26-40-32-15-9-10-23-41(32)45-44(40)38-20-8-3-14-30(38)39/h1-26H. The summed E-state index contributed by atoms with van der Waals surface area (Å²) in [6.45, 7) is 0. The summed E-state index contributed by atoms with van der Waals surface area (Å²) < 4.78 is 6.48. The fourth-order valence-corrected chi connectivity index (χ4v) is 7.72. The highest BCUT2D eigenvalue weighted by Crippen LogP contribution is 2.48. The Labute approximate surface area is 259 Å². The van der Waals surface area contributed by atoms with Gasteiger partial charge in [0.25, 0.3) is 0 Å². The lowest BCUT2D eigenvalue weighted by molar-refractivity contribution is 0.672. The Kier molecular flexibility index (Phi) is 5.06. The minimum atomic E-state index is 0.920. The SMILES string of the molecule is c1ccc2c(c1)ccc1c(-c3c4ccccc4c(-c4cc5c6ccccc6oc5c5ccccc45)c4ccccc34)cccc12. The topological polar surface area (TPSA) is 13.1 Å². The highest BCUT2D eigenvalue weighted by molar-refractivity contribution is 6.28. The van der Waals surface area contributed by atoms with Crippen molar-refractivity contribution < 1.29 is 4.42 Å². The molecule has 0 unspecified atom stereocenters. The van der Waals surface area contributed by atoms with Gasteiger partial charge >= 0.3 is 0 Å². The highest BCUT2D eigenvalue weighted by atomic mass is 16.3. The zero-order valence-electron chi connectivity index (χ0n) is 24.4. The van der Waals surface area contributed by atoms with Crippen LogP contribution in [0.4, 0.5) is 0 Å². The zero-order valence-corrected chi connectivity index (χ0v) is 24.4. The Morgan fingerprint density at radius 3 is 1.51 bits per heavy atom. The van der Waals surface area contributed by atoms with Gasteiger partial charge in [0, 0.05) is 16.2 Å². The molecule has 0 fully saturated rings. The summed E-state index contributed by atoms with van der Waals surface area (Å²) in [4.78, 5) is 0. The first-order valence-corrected chi connectivity index (χ1v) is 15.5. The van der Waals surface area contributed by atoms with E-state index in [1.54, 1.807) is 0 Å².